The van der Waals surface area contributed by atoms with Gasteiger partial charge < -0.3 is 36.2 Å². The summed E-state index contributed by atoms with van der Waals surface area (Å²) >= 11 is 24.5. The topological polar surface area (TPSA) is 155 Å². The van der Waals surface area contributed by atoms with Crippen molar-refractivity contribution in [1.82, 2.24) is 34.5 Å². The lowest BCUT2D eigenvalue weighted by Gasteiger charge is -2.22. The lowest BCUT2D eigenvalue weighted by Crippen LogP contribution is -2.40. The molecule has 0 unspecified atom stereocenters. The zero-order valence-corrected chi connectivity index (χ0v) is 37.2. The summed E-state index contributed by atoms with van der Waals surface area (Å²) < 4.78 is 8.90. The number of nitrogens with two attached hydrogens (primary N) is 1. The fraction of sp³-hybridized carbons (Fsp3) is 0.359. The van der Waals surface area contributed by atoms with Crippen molar-refractivity contribution in [2.24, 2.45) is 5.73 Å². The number of amides is 1. The van der Waals surface area contributed by atoms with Crippen LogP contribution in [0, 0.1) is 0 Å². The van der Waals surface area contributed by atoms with Crippen molar-refractivity contribution in [2.75, 3.05) is 46.6 Å². The minimum atomic E-state index is -0.523. The van der Waals surface area contributed by atoms with E-state index in [0.717, 1.165) is 78.2 Å². The van der Waals surface area contributed by atoms with E-state index in [-0.39, 0.29) is 36.9 Å². The van der Waals surface area contributed by atoms with Crippen LogP contribution in [0.25, 0.3) is 11.3 Å². The van der Waals surface area contributed by atoms with Crippen LogP contribution < -0.4 is 31.5 Å². The summed E-state index contributed by atoms with van der Waals surface area (Å²) in [7, 11) is 0. The van der Waals surface area contributed by atoms with Crippen LogP contribution in [0.3, 0.4) is 0 Å². The van der Waals surface area contributed by atoms with Gasteiger partial charge in [0, 0.05) is 89.7 Å². The van der Waals surface area contributed by atoms with Gasteiger partial charge in [0.15, 0.2) is 11.3 Å². The van der Waals surface area contributed by atoms with E-state index in [2.05, 4.69) is 40.9 Å². The zero-order chi connectivity index (χ0) is 40.3. The number of hydrogen-bond donors (Lipinski definition) is 4. The molecule has 59 heavy (non-hydrogen) atoms. The molecular weight excluding hydrogens is 881 g/mol. The molecule has 0 spiro atoms. The molecule has 316 valence electrons. The van der Waals surface area contributed by atoms with E-state index in [9.17, 15) is 4.79 Å². The molecule has 20 heteroatoms. The summed E-state index contributed by atoms with van der Waals surface area (Å²) in [5, 5.41) is 20.9. The summed E-state index contributed by atoms with van der Waals surface area (Å²) in [6.45, 7) is 9.79. The van der Waals surface area contributed by atoms with E-state index in [1.807, 2.05) is 69.3 Å². The molecule has 8 rings (SSSR count). The van der Waals surface area contributed by atoms with Crippen molar-refractivity contribution in [3.05, 3.63) is 104 Å². The lowest BCUT2D eigenvalue weighted by molar-refractivity contribution is 0.0509. The molecule has 0 saturated carbocycles. The Balaban J connectivity index is 0.000000223. The van der Waals surface area contributed by atoms with E-state index in [1.165, 1.54) is 0 Å². The molecule has 2 atom stereocenters. The standard InChI is InChI=1S/C22H26Cl2N6O2.C17H18Cl2N6.2ClH/c1-22(2,3)32-21(31)27-16-7-9-29(13-16)20-11-19(30-18(28-20)6-8-26-30)25-12-14-4-5-15(23)10-17(14)24;18-12-2-1-11(14(19)7-12)9-21-16-8-17(24-6-4-13(20)10-24)23-15-3-5-22-25(15)16;;/h4-6,8,10-11,16,25H,7,9,12-13H2,1-3H3,(H,27,31);1-3,5,7-8,13,21H,4,6,9-10,20H2;2*1H/t16-;13-;;/m11../s1. The molecule has 0 bridgehead atoms. The van der Waals surface area contributed by atoms with E-state index in [4.69, 9.17) is 61.9 Å². The number of nitrogens with one attached hydrogen (secondary N) is 3. The first-order chi connectivity index (χ1) is 27.3. The number of ether oxygens (including phenoxy) is 1. The van der Waals surface area contributed by atoms with Crippen molar-refractivity contribution in [2.45, 2.75) is 64.4 Å². The number of carbonyl (C=O) groups excluding carboxylic acids is 1. The van der Waals surface area contributed by atoms with Crippen molar-refractivity contribution in [3.8, 4) is 0 Å². The molecule has 2 aliphatic heterocycles. The largest absolute Gasteiger partial charge is 0.444 e. The average Bonchev–Trinajstić information content (AvgIpc) is 3.98. The van der Waals surface area contributed by atoms with Gasteiger partial charge >= 0.3 is 6.09 Å². The highest BCUT2D eigenvalue weighted by Gasteiger charge is 2.28. The molecule has 6 aromatic rings. The molecular formula is C39H46Cl6N12O2. The van der Waals surface area contributed by atoms with Crippen LogP contribution in [0.5, 0.6) is 0 Å². The fourth-order valence-corrected chi connectivity index (χ4v) is 7.58. The quantitative estimate of drug-likeness (QED) is 0.110. The lowest BCUT2D eigenvalue weighted by atomic mass is 10.2. The predicted octanol–water partition coefficient (Wildman–Crippen LogP) is 8.78. The number of benzene rings is 2. The third-order valence-corrected chi connectivity index (χ3v) is 10.6. The molecule has 6 heterocycles. The van der Waals surface area contributed by atoms with Crippen molar-refractivity contribution >= 4 is 112 Å². The van der Waals surface area contributed by atoms with Crippen LogP contribution in [0.2, 0.25) is 20.1 Å². The molecule has 14 nitrogen and oxygen atoms in total. The molecule has 0 aliphatic carbocycles. The van der Waals surface area contributed by atoms with Gasteiger partial charge in [0.1, 0.15) is 28.9 Å². The molecule has 1 amide bonds. The number of hydrogen-bond acceptors (Lipinski definition) is 11. The predicted molar refractivity (Wildman–Crippen MR) is 243 cm³/mol. The first-order valence-corrected chi connectivity index (χ1v) is 20.1. The van der Waals surface area contributed by atoms with Crippen LogP contribution in [0.4, 0.5) is 28.1 Å². The second-order valence-corrected chi connectivity index (χ2v) is 16.6. The number of carbonyl (C=O) groups is 1. The number of rotatable bonds is 9. The monoisotopic (exact) mass is 924 g/mol. The normalized spacial score (nSPS) is 16.3. The summed E-state index contributed by atoms with van der Waals surface area (Å²) in [6, 6.07) is 18.8. The smallest absolute Gasteiger partial charge is 0.407 e. The maximum Gasteiger partial charge on any atom is 0.407 e. The Morgan fingerprint density at radius 2 is 1.24 bits per heavy atom. The minimum absolute atomic E-state index is 0. The Labute approximate surface area is 374 Å². The van der Waals surface area contributed by atoms with Gasteiger partial charge in [-0.1, -0.05) is 58.5 Å². The number of anilines is 4. The molecule has 2 aliphatic rings. The van der Waals surface area contributed by atoms with Gasteiger partial charge in [0.25, 0.3) is 0 Å². The van der Waals surface area contributed by atoms with Gasteiger partial charge in [-0.2, -0.15) is 19.2 Å². The number of alkyl carbamates (subject to hydrolysis) is 1. The van der Waals surface area contributed by atoms with E-state index in [0.29, 0.717) is 39.7 Å². The first kappa shape index (κ1) is 45.9. The highest BCUT2D eigenvalue weighted by Crippen LogP contribution is 2.28. The van der Waals surface area contributed by atoms with Gasteiger partial charge in [0.2, 0.25) is 0 Å². The van der Waals surface area contributed by atoms with Gasteiger partial charge in [-0.05, 0) is 69.0 Å². The molecule has 2 saturated heterocycles. The van der Waals surface area contributed by atoms with Crippen LogP contribution in [0.1, 0.15) is 44.7 Å². The number of halogens is 6. The maximum absolute atomic E-state index is 12.1. The van der Waals surface area contributed by atoms with Crippen molar-refractivity contribution in [1.29, 1.82) is 0 Å². The van der Waals surface area contributed by atoms with Crippen LogP contribution in [-0.2, 0) is 17.8 Å². The molecule has 0 radical (unpaired) electrons. The van der Waals surface area contributed by atoms with Gasteiger partial charge in [-0.25, -0.2) is 14.8 Å². The maximum atomic E-state index is 12.1. The third-order valence-electron chi connectivity index (χ3n) is 9.42. The summed E-state index contributed by atoms with van der Waals surface area (Å²) in [5.74, 6) is 3.38. The van der Waals surface area contributed by atoms with E-state index < -0.39 is 11.7 Å². The Hall–Kier alpha value is -4.15. The third kappa shape index (κ3) is 11.8. The fourth-order valence-electron chi connectivity index (χ4n) is 6.63. The second-order valence-electron chi connectivity index (χ2n) is 15.0. The SMILES string of the molecule is CC(C)(C)OC(=O)N[C@@H]1CCN(c2cc(NCc3ccc(Cl)cc3Cl)n3nccc3n2)C1.Cl.Cl.N[C@@H]1CCN(c2cc(NCc3ccc(Cl)cc3Cl)n3nccc3n2)C1. The highest BCUT2D eigenvalue weighted by atomic mass is 35.5. The zero-order valence-electron chi connectivity index (χ0n) is 32.5. The first-order valence-electron chi connectivity index (χ1n) is 18.6. The Kier molecular flexibility index (Phi) is 15.5. The van der Waals surface area contributed by atoms with E-state index in [1.54, 1.807) is 33.6 Å². The molecule has 2 aromatic carbocycles. The van der Waals surface area contributed by atoms with Crippen LogP contribution in [-0.4, -0.2) is 79.2 Å². The van der Waals surface area contributed by atoms with Crippen molar-refractivity contribution < 1.29 is 9.53 Å². The minimum Gasteiger partial charge on any atom is -0.444 e. The van der Waals surface area contributed by atoms with Crippen LogP contribution >= 0.6 is 71.2 Å². The second kappa shape index (κ2) is 19.9. The average molecular weight is 928 g/mol. The Morgan fingerprint density at radius 3 is 1.69 bits per heavy atom. The number of nitrogens with zero attached hydrogens (tertiary/aromatic N) is 8. The Bertz CT molecular complexity index is 2370. The van der Waals surface area contributed by atoms with E-state index >= 15 is 0 Å². The van der Waals surface area contributed by atoms with Gasteiger partial charge in [0.05, 0.1) is 18.4 Å². The van der Waals surface area contributed by atoms with Crippen molar-refractivity contribution in [3.63, 3.8) is 0 Å². The summed E-state index contributed by atoms with van der Waals surface area (Å²) in [6.07, 6.45) is 4.85. The molecule has 4 aromatic heterocycles. The number of aromatic nitrogens is 6. The summed E-state index contributed by atoms with van der Waals surface area (Å²) in [5.41, 5.74) is 8.93. The molecule has 5 N–H and O–H groups in total. The highest BCUT2D eigenvalue weighted by molar-refractivity contribution is 6.35. The van der Waals surface area contributed by atoms with Gasteiger partial charge in [-0.3, -0.25) is 0 Å². The Morgan fingerprint density at radius 1 is 0.746 bits per heavy atom. The van der Waals surface area contributed by atoms with Crippen LogP contribution in [0.15, 0.2) is 73.1 Å². The summed E-state index contributed by atoms with van der Waals surface area (Å²) in [4.78, 5) is 25.9. The van der Waals surface area contributed by atoms with Gasteiger partial charge in [-0.15, -0.1) is 24.8 Å². The number of fused-ring (bicyclic) bond motifs is 2. The molecule has 2 fully saturated rings.